The zero-order valence-corrected chi connectivity index (χ0v) is 13.5. The normalized spacial score (nSPS) is 20.2. The molecule has 126 valence electrons. The summed E-state index contributed by atoms with van der Waals surface area (Å²) in [5.74, 6) is 1.10. The van der Waals surface area contributed by atoms with Crippen molar-refractivity contribution in [3.05, 3.63) is 54.4 Å². The summed E-state index contributed by atoms with van der Waals surface area (Å²) in [6.07, 6.45) is 3.89. The molecule has 1 aliphatic rings. The lowest BCUT2D eigenvalue weighted by Gasteiger charge is -2.23. The number of amides is 1. The number of rotatable bonds is 5. The van der Waals surface area contributed by atoms with Gasteiger partial charge in [-0.15, -0.1) is 0 Å². The highest BCUT2D eigenvalue weighted by atomic mass is 16.5. The van der Waals surface area contributed by atoms with Crippen LogP contribution >= 0.6 is 0 Å². The fraction of sp³-hybridized carbons (Fsp3) is 0.333. The Morgan fingerprint density at radius 1 is 1.29 bits per heavy atom. The van der Waals surface area contributed by atoms with Crippen LogP contribution in [0, 0.1) is 0 Å². The minimum absolute atomic E-state index is 0.0395. The van der Waals surface area contributed by atoms with Crippen molar-refractivity contribution < 1.29 is 19.4 Å². The molecule has 1 aliphatic heterocycles. The maximum Gasteiger partial charge on any atom is 0.254 e. The number of carbonyl (C=O) groups excluding carboxylic acids is 1. The van der Waals surface area contributed by atoms with Gasteiger partial charge >= 0.3 is 0 Å². The molecular formula is C18H20N2O4. The second-order valence-corrected chi connectivity index (χ2v) is 5.70. The summed E-state index contributed by atoms with van der Waals surface area (Å²) in [6, 6.07) is 10.3. The second-order valence-electron chi connectivity index (χ2n) is 5.70. The van der Waals surface area contributed by atoms with Crippen LogP contribution in [-0.2, 0) is 4.74 Å². The monoisotopic (exact) mass is 328 g/mol. The third-order valence-electron chi connectivity index (χ3n) is 4.15. The van der Waals surface area contributed by atoms with E-state index in [9.17, 15) is 9.90 Å². The molecule has 1 aromatic carbocycles. The van der Waals surface area contributed by atoms with Gasteiger partial charge in [-0.05, 0) is 36.8 Å². The van der Waals surface area contributed by atoms with E-state index < -0.39 is 0 Å². The van der Waals surface area contributed by atoms with Gasteiger partial charge in [-0.2, -0.15) is 0 Å². The first-order chi connectivity index (χ1) is 11.7. The smallest absolute Gasteiger partial charge is 0.254 e. The Hall–Kier alpha value is -2.44. The number of aromatic nitrogens is 1. The Kier molecular flexibility index (Phi) is 5.08. The summed E-state index contributed by atoms with van der Waals surface area (Å²) in [5, 5.41) is 9.51. The molecule has 0 radical (unpaired) electrons. The molecule has 6 heteroatoms. The van der Waals surface area contributed by atoms with Gasteiger partial charge in [0.2, 0.25) is 0 Å². The van der Waals surface area contributed by atoms with Crippen LogP contribution in [0.5, 0.6) is 11.5 Å². The summed E-state index contributed by atoms with van der Waals surface area (Å²) in [6.45, 7) is 0.412. The topological polar surface area (TPSA) is 71.9 Å². The molecule has 2 heterocycles. The first kappa shape index (κ1) is 16.4. The van der Waals surface area contributed by atoms with Crippen molar-refractivity contribution in [3.63, 3.8) is 0 Å². The largest absolute Gasteiger partial charge is 0.457 e. The van der Waals surface area contributed by atoms with Crippen molar-refractivity contribution in [1.82, 2.24) is 9.88 Å². The van der Waals surface area contributed by atoms with Gasteiger partial charge in [0.15, 0.2) is 0 Å². The van der Waals surface area contributed by atoms with Crippen LogP contribution in [0.3, 0.4) is 0 Å². The maximum absolute atomic E-state index is 12.8. The number of carbonyl (C=O) groups is 1. The van der Waals surface area contributed by atoms with Crippen LogP contribution < -0.4 is 4.74 Å². The van der Waals surface area contributed by atoms with Crippen molar-refractivity contribution >= 4 is 5.91 Å². The standard InChI is InChI=1S/C18H20N2O4/c1-23-17-10-14(12-21)20(11-17)18(22)13-3-2-4-16(9-13)24-15-5-7-19-8-6-15/h2-9,14,17,21H,10-12H2,1H3/t14-,17-/m0/s1. The Morgan fingerprint density at radius 2 is 2.08 bits per heavy atom. The number of nitrogens with zero attached hydrogens (tertiary/aromatic N) is 2. The molecule has 3 rings (SSSR count). The van der Waals surface area contributed by atoms with Crippen LogP contribution in [0.15, 0.2) is 48.8 Å². The van der Waals surface area contributed by atoms with E-state index in [1.807, 2.05) is 0 Å². The molecule has 2 aromatic rings. The van der Waals surface area contributed by atoms with Crippen LogP contribution in [0.1, 0.15) is 16.8 Å². The van der Waals surface area contributed by atoms with Crippen LogP contribution in [-0.4, -0.2) is 53.3 Å². The van der Waals surface area contributed by atoms with Crippen molar-refractivity contribution in [2.24, 2.45) is 0 Å². The fourth-order valence-electron chi connectivity index (χ4n) is 2.87. The van der Waals surface area contributed by atoms with Crippen molar-refractivity contribution in [2.45, 2.75) is 18.6 Å². The van der Waals surface area contributed by atoms with Gasteiger partial charge in [0, 0.05) is 31.6 Å². The highest BCUT2D eigenvalue weighted by Crippen LogP contribution is 2.25. The number of pyridine rings is 1. The Morgan fingerprint density at radius 3 is 2.79 bits per heavy atom. The molecule has 2 atom stereocenters. The first-order valence-corrected chi connectivity index (χ1v) is 7.84. The molecule has 1 N–H and O–H groups in total. The minimum atomic E-state index is -0.216. The number of benzene rings is 1. The van der Waals surface area contributed by atoms with Gasteiger partial charge in [-0.3, -0.25) is 9.78 Å². The number of aliphatic hydroxyl groups is 1. The van der Waals surface area contributed by atoms with Gasteiger partial charge in [0.05, 0.1) is 18.8 Å². The number of hydrogen-bond donors (Lipinski definition) is 1. The van der Waals surface area contributed by atoms with E-state index in [1.54, 1.807) is 60.8 Å². The summed E-state index contributed by atoms with van der Waals surface area (Å²) >= 11 is 0. The molecule has 1 amide bonds. The SMILES string of the molecule is CO[C@H]1C[C@@H](CO)N(C(=O)c2cccc(Oc3ccncc3)c2)C1. The van der Waals surface area contributed by atoms with Gasteiger partial charge in [-0.25, -0.2) is 0 Å². The van der Waals surface area contributed by atoms with Crippen LogP contribution in [0.2, 0.25) is 0 Å². The van der Waals surface area contributed by atoms with Gasteiger partial charge in [-0.1, -0.05) is 6.07 Å². The van der Waals surface area contributed by atoms with Gasteiger partial charge < -0.3 is 19.5 Å². The molecule has 0 bridgehead atoms. The van der Waals surface area contributed by atoms with E-state index in [0.29, 0.717) is 30.0 Å². The Bertz CT molecular complexity index is 692. The Balaban J connectivity index is 1.77. The van der Waals surface area contributed by atoms with Gasteiger partial charge in [0.1, 0.15) is 11.5 Å². The van der Waals surface area contributed by atoms with Crippen molar-refractivity contribution in [1.29, 1.82) is 0 Å². The van der Waals surface area contributed by atoms with E-state index in [0.717, 1.165) is 0 Å². The molecule has 0 aliphatic carbocycles. The first-order valence-electron chi connectivity index (χ1n) is 7.84. The molecule has 24 heavy (non-hydrogen) atoms. The molecule has 0 spiro atoms. The molecule has 0 saturated carbocycles. The fourth-order valence-corrected chi connectivity index (χ4v) is 2.87. The molecule has 1 fully saturated rings. The summed E-state index contributed by atoms with van der Waals surface area (Å²) < 4.78 is 11.1. The summed E-state index contributed by atoms with van der Waals surface area (Å²) in [7, 11) is 1.62. The number of methoxy groups -OCH3 is 1. The molecule has 1 aromatic heterocycles. The number of likely N-dealkylation sites (tertiary alicyclic amines) is 1. The van der Waals surface area contributed by atoms with Gasteiger partial charge in [0.25, 0.3) is 5.91 Å². The zero-order valence-electron chi connectivity index (χ0n) is 13.5. The number of ether oxygens (including phenoxy) is 2. The van der Waals surface area contributed by atoms with E-state index in [2.05, 4.69) is 4.98 Å². The molecule has 0 unspecified atom stereocenters. The molecule has 1 saturated heterocycles. The molecular weight excluding hydrogens is 308 g/mol. The average molecular weight is 328 g/mol. The third kappa shape index (κ3) is 3.55. The van der Waals surface area contributed by atoms with E-state index in [4.69, 9.17) is 9.47 Å². The van der Waals surface area contributed by atoms with E-state index in [-0.39, 0.29) is 24.7 Å². The van der Waals surface area contributed by atoms with Crippen LogP contribution in [0.4, 0.5) is 0 Å². The number of aliphatic hydroxyl groups excluding tert-OH is 1. The van der Waals surface area contributed by atoms with Crippen molar-refractivity contribution in [3.8, 4) is 11.5 Å². The number of hydrogen-bond acceptors (Lipinski definition) is 5. The average Bonchev–Trinajstić information content (AvgIpc) is 3.05. The van der Waals surface area contributed by atoms with E-state index >= 15 is 0 Å². The lowest BCUT2D eigenvalue weighted by atomic mass is 10.1. The van der Waals surface area contributed by atoms with Crippen LogP contribution in [0.25, 0.3) is 0 Å². The zero-order chi connectivity index (χ0) is 16.9. The predicted octanol–water partition coefficient (Wildman–Crippen LogP) is 2.10. The van der Waals surface area contributed by atoms with Crippen molar-refractivity contribution in [2.75, 3.05) is 20.3 Å². The predicted molar refractivity (Wildman–Crippen MR) is 88.1 cm³/mol. The summed E-state index contributed by atoms with van der Waals surface area (Å²) in [4.78, 5) is 18.4. The lowest BCUT2D eigenvalue weighted by molar-refractivity contribution is 0.0647. The van der Waals surface area contributed by atoms with E-state index in [1.165, 1.54) is 0 Å². The quantitative estimate of drug-likeness (QED) is 0.910. The highest BCUT2D eigenvalue weighted by Gasteiger charge is 2.35. The molecule has 6 nitrogen and oxygen atoms in total. The third-order valence-corrected chi connectivity index (χ3v) is 4.15. The summed E-state index contributed by atoms with van der Waals surface area (Å²) in [5.41, 5.74) is 0.525. The second kappa shape index (κ2) is 7.42. The minimum Gasteiger partial charge on any atom is -0.457 e. The maximum atomic E-state index is 12.8. The highest BCUT2D eigenvalue weighted by molar-refractivity contribution is 5.95. The Labute approximate surface area is 140 Å². The lowest BCUT2D eigenvalue weighted by Crippen LogP contribution is -2.38.